The van der Waals surface area contributed by atoms with E-state index >= 15 is 0 Å². The topological polar surface area (TPSA) is 26.0 Å². The van der Waals surface area contributed by atoms with E-state index in [1.165, 1.54) is 69.2 Å². The molecular weight excluding hydrogens is 224 g/mol. The van der Waals surface area contributed by atoms with Crippen molar-refractivity contribution in [3.8, 4) is 0 Å². The lowest BCUT2D eigenvalue weighted by Crippen LogP contribution is -2.54. The van der Waals surface area contributed by atoms with Gasteiger partial charge in [0.05, 0.1) is 26.2 Å². The van der Waals surface area contributed by atoms with Crippen LogP contribution >= 0.6 is 12.2 Å². The number of rotatable bonds is 0. The van der Waals surface area contributed by atoms with Crippen molar-refractivity contribution < 1.29 is 4.48 Å². The SMILES string of the molecule is C1CC[N+]2(CC1)CCCCC2.NC(=S)[S-]. The van der Waals surface area contributed by atoms with E-state index in [1.807, 2.05) is 0 Å². The molecule has 0 aromatic carbocycles. The summed E-state index contributed by atoms with van der Waals surface area (Å²) in [6.07, 6.45) is 9.00. The van der Waals surface area contributed by atoms with E-state index in [2.05, 4.69) is 30.6 Å². The lowest BCUT2D eigenvalue weighted by atomic mass is 10.0. The van der Waals surface area contributed by atoms with Gasteiger partial charge in [0.2, 0.25) is 0 Å². The summed E-state index contributed by atoms with van der Waals surface area (Å²) in [4.78, 5) is 0. The molecule has 2 fully saturated rings. The molecule has 0 radical (unpaired) electrons. The van der Waals surface area contributed by atoms with Gasteiger partial charge in [-0.2, -0.15) is 0 Å². The molecule has 88 valence electrons. The van der Waals surface area contributed by atoms with Gasteiger partial charge in [-0.3, -0.25) is 0 Å². The van der Waals surface area contributed by atoms with E-state index in [0.717, 1.165) is 0 Å². The summed E-state index contributed by atoms with van der Waals surface area (Å²) in [6, 6.07) is 0. The molecule has 2 rings (SSSR count). The number of nitrogens with two attached hydrogens (primary N) is 1. The summed E-state index contributed by atoms with van der Waals surface area (Å²) in [5.74, 6) is 0. The molecule has 15 heavy (non-hydrogen) atoms. The van der Waals surface area contributed by atoms with Crippen LogP contribution in [0.25, 0.3) is 0 Å². The lowest BCUT2D eigenvalue weighted by Gasteiger charge is -2.44. The number of nitrogens with zero attached hydrogens (tertiary/aromatic N) is 1. The van der Waals surface area contributed by atoms with E-state index in [4.69, 9.17) is 0 Å². The van der Waals surface area contributed by atoms with Gasteiger partial charge in [-0.15, -0.1) is 0 Å². The smallest absolute Gasteiger partial charge is 0.0786 e. The second kappa shape index (κ2) is 6.61. The maximum atomic E-state index is 4.66. The first-order valence-electron chi connectivity index (χ1n) is 5.96. The number of hydrogen-bond donors (Lipinski definition) is 1. The maximum absolute atomic E-state index is 4.66. The first-order chi connectivity index (χ1) is 7.15. The Kier molecular flexibility index (Phi) is 5.79. The van der Waals surface area contributed by atoms with Gasteiger partial charge in [-0.05, 0) is 38.5 Å². The standard InChI is InChI=1S/C10H20N.CH3NS2/c1-3-7-11(8-4-1)9-5-2-6-10-11;2-1(3)4/h1-10H2;(H3,2,3,4)/q+1;/p-1. The predicted molar refractivity (Wildman–Crippen MR) is 71.6 cm³/mol. The van der Waals surface area contributed by atoms with Gasteiger partial charge in [-0.1, -0.05) is 4.32 Å². The van der Waals surface area contributed by atoms with Crippen molar-refractivity contribution >= 4 is 29.2 Å². The Hall–Kier alpha value is 0.0700. The lowest BCUT2D eigenvalue weighted by molar-refractivity contribution is -0.936. The first kappa shape index (κ1) is 13.1. The fourth-order valence-electron chi connectivity index (χ4n) is 2.81. The van der Waals surface area contributed by atoms with E-state index in [0.29, 0.717) is 0 Å². The van der Waals surface area contributed by atoms with Crippen LogP contribution in [0, 0.1) is 0 Å². The first-order valence-corrected chi connectivity index (χ1v) is 6.78. The summed E-state index contributed by atoms with van der Waals surface area (Å²) in [5, 5.41) is 0. The van der Waals surface area contributed by atoms with Crippen molar-refractivity contribution in [2.75, 3.05) is 26.2 Å². The molecule has 0 atom stereocenters. The zero-order valence-corrected chi connectivity index (χ0v) is 11.0. The quantitative estimate of drug-likeness (QED) is 0.402. The molecule has 1 spiro atoms. The summed E-state index contributed by atoms with van der Waals surface area (Å²) in [6.45, 7) is 6.00. The zero-order chi connectivity index (χ0) is 11.1. The largest absolute Gasteiger partial charge is 0.415 e. The van der Waals surface area contributed by atoms with Crippen LogP contribution in [0.2, 0.25) is 0 Å². The van der Waals surface area contributed by atoms with E-state index in [-0.39, 0.29) is 4.32 Å². The van der Waals surface area contributed by atoms with Gasteiger partial charge in [0.25, 0.3) is 0 Å². The van der Waals surface area contributed by atoms with Gasteiger partial charge in [0.15, 0.2) is 0 Å². The average Bonchev–Trinajstić information content (AvgIpc) is 2.19. The van der Waals surface area contributed by atoms with E-state index in [1.54, 1.807) is 0 Å². The highest BCUT2D eigenvalue weighted by Crippen LogP contribution is 2.24. The second-order valence-electron chi connectivity index (χ2n) is 4.68. The fourth-order valence-corrected chi connectivity index (χ4v) is 2.81. The molecule has 2 N–H and O–H groups in total. The number of hydrogen-bond acceptors (Lipinski definition) is 2. The Balaban J connectivity index is 0.000000245. The van der Waals surface area contributed by atoms with E-state index < -0.39 is 0 Å². The summed E-state index contributed by atoms with van der Waals surface area (Å²) >= 11 is 8.26. The zero-order valence-electron chi connectivity index (χ0n) is 9.41. The Labute approximate surface area is 104 Å². The van der Waals surface area contributed by atoms with Gasteiger partial charge in [0.1, 0.15) is 0 Å². The van der Waals surface area contributed by atoms with Crippen molar-refractivity contribution in [3.05, 3.63) is 0 Å². The third-order valence-corrected chi connectivity index (χ3v) is 3.53. The van der Waals surface area contributed by atoms with Gasteiger partial charge in [0, 0.05) is 0 Å². The van der Waals surface area contributed by atoms with Crippen LogP contribution in [0.5, 0.6) is 0 Å². The van der Waals surface area contributed by atoms with Gasteiger partial charge in [-0.25, -0.2) is 0 Å². The minimum atomic E-state index is 0.0833. The highest BCUT2D eigenvalue weighted by molar-refractivity contribution is 8.00. The summed E-state index contributed by atoms with van der Waals surface area (Å²) in [7, 11) is 0. The van der Waals surface area contributed by atoms with Crippen LogP contribution < -0.4 is 5.73 Å². The molecule has 0 amide bonds. The van der Waals surface area contributed by atoms with Gasteiger partial charge >= 0.3 is 0 Å². The molecule has 0 aromatic heterocycles. The minimum absolute atomic E-state index is 0.0833. The van der Waals surface area contributed by atoms with Crippen LogP contribution in [0.15, 0.2) is 0 Å². The minimum Gasteiger partial charge on any atom is -0.415 e. The number of thiocarbonyl (C=S) groups is 1. The molecule has 0 unspecified atom stereocenters. The molecule has 2 heterocycles. The molecule has 0 bridgehead atoms. The van der Waals surface area contributed by atoms with Crippen molar-refractivity contribution in [3.63, 3.8) is 0 Å². The Morgan fingerprint density at radius 2 is 1.13 bits per heavy atom. The number of quaternary nitrogens is 1. The Morgan fingerprint density at radius 1 is 0.867 bits per heavy atom. The van der Waals surface area contributed by atoms with Crippen molar-refractivity contribution in [2.45, 2.75) is 38.5 Å². The molecule has 4 heteroatoms. The van der Waals surface area contributed by atoms with Crippen molar-refractivity contribution in [2.24, 2.45) is 5.73 Å². The second-order valence-corrected chi connectivity index (χ2v) is 5.81. The third kappa shape index (κ3) is 5.09. The van der Waals surface area contributed by atoms with Crippen LogP contribution in [-0.4, -0.2) is 35.0 Å². The highest BCUT2D eigenvalue weighted by atomic mass is 32.1. The Morgan fingerprint density at radius 3 is 1.40 bits per heavy atom. The predicted octanol–water partition coefficient (Wildman–Crippen LogP) is 1.95. The molecule has 2 aliphatic heterocycles. The summed E-state index contributed by atoms with van der Waals surface area (Å²) < 4.78 is 1.58. The van der Waals surface area contributed by atoms with Gasteiger partial charge < -0.3 is 35.1 Å². The molecule has 0 aliphatic carbocycles. The molecule has 2 saturated heterocycles. The monoisotopic (exact) mass is 246 g/mol. The van der Waals surface area contributed by atoms with Crippen LogP contribution in [-0.2, 0) is 12.6 Å². The van der Waals surface area contributed by atoms with Crippen LogP contribution in [0.3, 0.4) is 0 Å². The summed E-state index contributed by atoms with van der Waals surface area (Å²) in [5.41, 5.74) is 4.66. The van der Waals surface area contributed by atoms with Crippen LogP contribution in [0.4, 0.5) is 0 Å². The Bertz CT molecular complexity index is 171. The molecule has 0 saturated carbocycles. The third-order valence-electron chi connectivity index (χ3n) is 3.53. The fraction of sp³-hybridized carbons (Fsp3) is 0.909. The van der Waals surface area contributed by atoms with E-state index in [9.17, 15) is 0 Å². The molecular formula is C11H22N2S2. The van der Waals surface area contributed by atoms with Crippen molar-refractivity contribution in [1.82, 2.24) is 0 Å². The highest BCUT2D eigenvalue weighted by Gasteiger charge is 2.30. The number of piperidine rings is 2. The maximum Gasteiger partial charge on any atom is 0.0786 e. The average molecular weight is 246 g/mol. The molecule has 0 aromatic rings. The van der Waals surface area contributed by atoms with Crippen molar-refractivity contribution in [1.29, 1.82) is 0 Å². The van der Waals surface area contributed by atoms with Crippen LogP contribution in [0.1, 0.15) is 38.5 Å². The molecule has 2 nitrogen and oxygen atoms in total. The normalized spacial score (nSPS) is 24.0. The molecule has 2 aliphatic rings.